The average molecular weight is 1030 g/mol. The molecule has 0 saturated carbocycles. The first-order valence-corrected chi connectivity index (χ1v) is 24.7. The Morgan fingerprint density at radius 1 is 0.592 bits per heavy atom. The van der Waals surface area contributed by atoms with Crippen LogP contribution in [0.4, 0.5) is 0 Å². The summed E-state index contributed by atoms with van der Waals surface area (Å²) in [4.78, 5) is 131. The zero-order valence-corrected chi connectivity index (χ0v) is 41.9. The number of carbonyl (C=O) groups excluding carboxylic acids is 9. The number of benzene rings is 1. The van der Waals surface area contributed by atoms with Gasteiger partial charge in [0.2, 0.25) is 53.2 Å². The minimum Gasteiger partial charge on any atom is -0.480 e. The molecule has 1 rings (SSSR count). The number of nitrogens with two attached hydrogens (primary N) is 3. The maximum absolute atomic E-state index is 13.7. The van der Waals surface area contributed by atoms with Gasteiger partial charge in [-0.1, -0.05) is 50.6 Å². The highest BCUT2D eigenvalue weighted by molar-refractivity contribution is 7.98. The Morgan fingerprint density at radius 3 is 1.58 bits per heavy atom. The average Bonchev–Trinajstić information content (AvgIpc) is 3.30. The molecule has 0 fully saturated rings. The number of aliphatic hydroxyl groups excluding tert-OH is 3. The minimum absolute atomic E-state index is 0.000901. The number of carboxylic acid groups (broad SMARTS) is 1. The van der Waals surface area contributed by atoms with E-state index in [1.807, 2.05) is 0 Å². The maximum Gasteiger partial charge on any atom is 0.326 e. The Morgan fingerprint density at radius 2 is 1.07 bits per heavy atom. The van der Waals surface area contributed by atoms with Gasteiger partial charge in [-0.2, -0.15) is 11.8 Å². The van der Waals surface area contributed by atoms with Crippen LogP contribution in [0.15, 0.2) is 30.3 Å². The molecule has 0 aliphatic carbocycles. The van der Waals surface area contributed by atoms with Crippen molar-refractivity contribution in [3.05, 3.63) is 35.9 Å². The molecule has 0 saturated heterocycles. The van der Waals surface area contributed by atoms with Crippen LogP contribution in [0.25, 0.3) is 0 Å². The number of nitrogens with one attached hydrogen (secondary N) is 8. The van der Waals surface area contributed by atoms with Gasteiger partial charge in [0.05, 0.1) is 24.9 Å². The third-order valence-corrected chi connectivity index (χ3v) is 11.4. The normalized spacial score (nSPS) is 15.8. The monoisotopic (exact) mass is 1030 g/mol. The number of amides is 9. The van der Waals surface area contributed by atoms with Gasteiger partial charge in [0.1, 0.15) is 48.3 Å². The largest absolute Gasteiger partial charge is 0.480 e. The molecule has 0 aliphatic heterocycles. The predicted molar refractivity (Wildman–Crippen MR) is 261 cm³/mol. The van der Waals surface area contributed by atoms with E-state index in [1.165, 1.54) is 18.7 Å². The second kappa shape index (κ2) is 32.9. The molecule has 26 heteroatoms. The number of primary amides is 1. The summed E-state index contributed by atoms with van der Waals surface area (Å²) in [5.74, 6) is -9.77. The number of hydrogen-bond acceptors (Lipinski definition) is 16. The van der Waals surface area contributed by atoms with Gasteiger partial charge in [-0.15, -0.1) is 0 Å². The number of rotatable bonds is 34. The van der Waals surface area contributed by atoms with E-state index in [-0.39, 0.29) is 44.4 Å². The van der Waals surface area contributed by atoms with Crippen molar-refractivity contribution in [3.63, 3.8) is 0 Å². The van der Waals surface area contributed by atoms with Crippen molar-refractivity contribution in [1.82, 2.24) is 42.5 Å². The third kappa shape index (κ3) is 23.7. The molecular formula is C45H75N11O14S. The predicted octanol–water partition coefficient (Wildman–Crippen LogP) is -4.51. The third-order valence-electron chi connectivity index (χ3n) is 10.8. The highest BCUT2D eigenvalue weighted by Gasteiger charge is 2.37. The summed E-state index contributed by atoms with van der Waals surface area (Å²) in [6, 6.07) is -4.71. The van der Waals surface area contributed by atoms with Crippen molar-refractivity contribution in [2.24, 2.45) is 23.1 Å². The smallest absolute Gasteiger partial charge is 0.326 e. The van der Waals surface area contributed by atoms with E-state index in [0.29, 0.717) is 30.7 Å². The second-order valence-corrected chi connectivity index (χ2v) is 18.5. The zero-order valence-electron chi connectivity index (χ0n) is 41.1. The van der Waals surface area contributed by atoms with Crippen LogP contribution in [0.1, 0.15) is 85.1 Å². The second-order valence-electron chi connectivity index (χ2n) is 17.5. The van der Waals surface area contributed by atoms with Gasteiger partial charge in [-0.3, -0.25) is 43.2 Å². The number of unbranched alkanes of at least 4 members (excludes halogenated alkanes) is 1. The van der Waals surface area contributed by atoms with E-state index in [2.05, 4.69) is 42.5 Å². The van der Waals surface area contributed by atoms with Gasteiger partial charge < -0.3 is 80.2 Å². The number of aliphatic hydroxyl groups is 3. The van der Waals surface area contributed by atoms with E-state index < -0.39 is 132 Å². The Bertz CT molecular complexity index is 1930. The van der Waals surface area contributed by atoms with E-state index in [1.54, 1.807) is 50.4 Å². The highest BCUT2D eigenvalue weighted by atomic mass is 32.2. The topological polar surface area (TPSA) is 426 Å². The van der Waals surface area contributed by atoms with Crippen molar-refractivity contribution in [3.8, 4) is 0 Å². The summed E-state index contributed by atoms with van der Waals surface area (Å²) in [7, 11) is 0. The SMILES string of the molecule is CSCC[C@H](NC(=O)[C@H](C)NC(=O)[C@@H](NC(=O)[C@@H](NC(=O)[C@H](CC(C)C)NC(=O)[C@H](CO)NC(=O)[C@@H](N)CCCCN)[C@@H](C)O)[C@@H](C)O)C(=O)N[C@@H](CCC(N)=O)C(=O)N[C@@H](Cc1ccccc1)C(=O)O. The van der Waals surface area contributed by atoms with Crippen molar-refractivity contribution < 1.29 is 68.4 Å². The fourth-order valence-electron chi connectivity index (χ4n) is 6.71. The van der Waals surface area contributed by atoms with Crippen LogP contribution in [0.2, 0.25) is 0 Å². The van der Waals surface area contributed by atoms with Crippen molar-refractivity contribution >= 4 is 70.9 Å². The minimum atomic E-state index is -1.80. The molecule has 0 radical (unpaired) electrons. The number of carboxylic acids is 1. The number of aliphatic carboxylic acids is 1. The van der Waals surface area contributed by atoms with Gasteiger partial charge in [0.15, 0.2) is 0 Å². The van der Waals surface area contributed by atoms with Crippen LogP contribution in [0, 0.1) is 5.92 Å². The molecule has 0 bridgehead atoms. The fourth-order valence-corrected chi connectivity index (χ4v) is 7.19. The lowest BCUT2D eigenvalue weighted by atomic mass is 10.0. The first kappa shape index (κ1) is 63.1. The summed E-state index contributed by atoms with van der Waals surface area (Å²) in [5, 5.41) is 60.0. The lowest BCUT2D eigenvalue weighted by molar-refractivity contribution is -0.142. The molecule has 0 aliphatic rings. The summed E-state index contributed by atoms with van der Waals surface area (Å²) in [5.41, 5.74) is 17.3. The van der Waals surface area contributed by atoms with Crippen LogP contribution in [-0.2, 0) is 54.4 Å². The van der Waals surface area contributed by atoms with E-state index in [9.17, 15) is 68.4 Å². The Kier molecular flexibility index (Phi) is 29.2. The van der Waals surface area contributed by atoms with Crippen LogP contribution < -0.4 is 59.7 Å². The molecule has 0 spiro atoms. The Hall–Kier alpha value is -5.93. The lowest BCUT2D eigenvalue weighted by Gasteiger charge is -2.29. The first-order valence-electron chi connectivity index (χ1n) is 23.3. The Balaban J connectivity index is 3.17. The van der Waals surface area contributed by atoms with Gasteiger partial charge in [0, 0.05) is 12.8 Å². The molecule has 0 aromatic heterocycles. The van der Waals surface area contributed by atoms with Crippen molar-refractivity contribution in [2.45, 2.75) is 153 Å². The molecule has 0 heterocycles. The summed E-state index contributed by atoms with van der Waals surface area (Å²) in [6.07, 6.45) is -0.917. The fraction of sp³-hybridized carbons (Fsp3) is 0.644. The summed E-state index contributed by atoms with van der Waals surface area (Å²) >= 11 is 1.31. The molecule has 9 amide bonds. The zero-order chi connectivity index (χ0) is 54.0. The molecule has 71 heavy (non-hydrogen) atoms. The summed E-state index contributed by atoms with van der Waals surface area (Å²) < 4.78 is 0. The molecule has 1 aromatic rings. The highest BCUT2D eigenvalue weighted by Crippen LogP contribution is 2.10. The molecule has 1 aromatic carbocycles. The Labute approximate surface area is 417 Å². The molecule has 25 nitrogen and oxygen atoms in total. The molecule has 400 valence electrons. The van der Waals surface area contributed by atoms with Gasteiger partial charge in [0.25, 0.3) is 0 Å². The van der Waals surface area contributed by atoms with E-state index in [4.69, 9.17) is 17.2 Å². The number of thioether (sulfide) groups is 1. The van der Waals surface area contributed by atoms with Crippen LogP contribution in [-0.4, -0.2) is 171 Å². The maximum atomic E-state index is 13.7. The molecule has 18 N–H and O–H groups in total. The van der Waals surface area contributed by atoms with E-state index >= 15 is 0 Å². The number of carbonyl (C=O) groups is 10. The van der Waals surface area contributed by atoms with Crippen LogP contribution >= 0.6 is 11.8 Å². The summed E-state index contributed by atoms with van der Waals surface area (Å²) in [6.45, 7) is 6.50. The molecule has 11 atom stereocenters. The van der Waals surface area contributed by atoms with Crippen molar-refractivity contribution in [2.75, 3.05) is 25.2 Å². The first-order chi connectivity index (χ1) is 33.4. The number of hydrogen-bond donors (Lipinski definition) is 15. The quantitative estimate of drug-likeness (QED) is 0.0289. The van der Waals surface area contributed by atoms with Gasteiger partial charge in [-0.05, 0) is 82.9 Å². The molecule has 0 unspecified atom stereocenters. The van der Waals surface area contributed by atoms with Gasteiger partial charge >= 0.3 is 5.97 Å². The van der Waals surface area contributed by atoms with Crippen LogP contribution in [0.5, 0.6) is 0 Å². The standard InChI is InChI=1S/C45H75N11O14S/c1-23(2)20-31(52-42(66)33(22-57)54-38(62)28(47)14-10-11-18-46)41(65)55-36(26(5)59)44(68)56-35(25(4)58)43(67)49-24(3)37(61)50-30(17-19-71-6)40(64)51-29(15-16-34(48)60)39(63)53-32(45(69)70)21-27-12-8-7-9-13-27/h7-9,12-13,23-26,28-33,35-36,57-59H,10-11,14-22,46-47H2,1-6H3,(H2,48,60)(H,49,67)(H,50,61)(H,51,64)(H,52,66)(H,53,63)(H,54,62)(H,55,65)(H,56,68)(H,69,70)/t24-,25+,26+,28-,29-,30-,31-,32-,33-,35-,36-/m0/s1. The lowest BCUT2D eigenvalue weighted by Crippen LogP contribution is -2.63. The van der Waals surface area contributed by atoms with Gasteiger partial charge in [-0.25, -0.2) is 4.79 Å². The van der Waals surface area contributed by atoms with Crippen LogP contribution in [0.3, 0.4) is 0 Å². The van der Waals surface area contributed by atoms with Crippen molar-refractivity contribution in [1.29, 1.82) is 0 Å². The van der Waals surface area contributed by atoms with E-state index in [0.717, 1.165) is 13.8 Å². The molecular weight excluding hydrogens is 951 g/mol.